The molecule has 0 spiro atoms. The van der Waals surface area contributed by atoms with Crippen molar-refractivity contribution in [1.29, 1.82) is 0 Å². The second-order valence-electron chi connectivity index (χ2n) is 25.7. The predicted octanol–water partition coefficient (Wildman–Crippen LogP) is 2.43. The number of hydrogen-bond donors (Lipinski definition) is 12. The molecule has 0 saturated carbocycles. The fourth-order valence-corrected chi connectivity index (χ4v) is 13.5. The molecule has 4 aromatic carbocycles. The molecule has 99 heavy (non-hydrogen) atoms. The fourth-order valence-electron chi connectivity index (χ4n) is 13.5. The summed E-state index contributed by atoms with van der Waals surface area (Å²) in [6, 6.07) is 30.2. The first-order valence-electron chi connectivity index (χ1n) is 34.9. The SMILES string of the molecule is CC[C@H](NC)C(=O)N[C@@H]1C(=O)N2[C@@H](CC[C@@H]1CNCc1ccccc1)CC[C@H]2C(=O)N[C@H](C(=O)NCCNC(=O)CCC#CC#CCCC(=O)NCCNC(=O)[C@@H](NC(=O)[C@@H]1CC[C@@H]2CC[C@H](CNCc3ccccc3)[C@H](NC(=O)[C@H](C)NC)C(=O)N21)c1ccccc1)c1ccccc1. The van der Waals surface area contributed by atoms with Gasteiger partial charge in [-0.1, -0.05) is 140 Å². The number of nitrogens with one attached hydrogen (secondary N) is 12. The molecule has 0 unspecified atom stereocenters. The van der Waals surface area contributed by atoms with E-state index >= 15 is 0 Å². The third-order valence-electron chi connectivity index (χ3n) is 19.0. The number of amides is 10. The maximum Gasteiger partial charge on any atom is 0.247 e. The molecule has 0 aromatic heterocycles. The average molecular weight is 1360 g/mol. The lowest BCUT2D eigenvalue weighted by molar-refractivity contribution is -0.144. The molecule has 0 aliphatic carbocycles. The van der Waals surface area contributed by atoms with Crippen LogP contribution < -0.4 is 63.8 Å². The van der Waals surface area contributed by atoms with Crippen molar-refractivity contribution < 1.29 is 47.9 Å². The maximum atomic E-state index is 14.7. The molecule has 12 N–H and O–H groups in total. The molecule has 24 heteroatoms. The zero-order chi connectivity index (χ0) is 70.5. The lowest BCUT2D eigenvalue weighted by Gasteiger charge is -2.33. The van der Waals surface area contributed by atoms with Crippen LogP contribution in [-0.4, -0.2) is 171 Å². The van der Waals surface area contributed by atoms with E-state index in [2.05, 4.69) is 87.5 Å². The Morgan fingerprint density at radius 3 is 1.25 bits per heavy atom. The molecule has 10 amide bonds. The molecule has 24 nitrogen and oxygen atoms in total. The van der Waals surface area contributed by atoms with Gasteiger partial charge in [0.1, 0.15) is 36.3 Å². The number of hydrogen-bond acceptors (Lipinski definition) is 14. The van der Waals surface area contributed by atoms with Crippen LogP contribution in [0.1, 0.15) is 132 Å². The largest absolute Gasteiger partial charge is 0.354 e. The van der Waals surface area contributed by atoms with Crippen LogP contribution in [-0.2, 0) is 61.0 Å². The van der Waals surface area contributed by atoms with Crippen molar-refractivity contribution >= 4 is 59.1 Å². The lowest BCUT2D eigenvalue weighted by atomic mass is 9.92. The quantitative estimate of drug-likeness (QED) is 0.0241. The van der Waals surface area contributed by atoms with E-state index < -0.39 is 72.0 Å². The zero-order valence-electron chi connectivity index (χ0n) is 57.3. The van der Waals surface area contributed by atoms with E-state index in [1.54, 1.807) is 91.5 Å². The smallest absolute Gasteiger partial charge is 0.247 e. The van der Waals surface area contributed by atoms with Gasteiger partial charge in [0, 0.05) is 102 Å². The van der Waals surface area contributed by atoms with E-state index in [4.69, 9.17) is 0 Å². The van der Waals surface area contributed by atoms with Crippen LogP contribution in [0.2, 0.25) is 0 Å². The maximum absolute atomic E-state index is 14.7. The first-order chi connectivity index (χ1) is 48.1. The van der Waals surface area contributed by atoms with Gasteiger partial charge in [-0.25, -0.2) is 0 Å². The second kappa shape index (κ2) is 39.2. The Labute approximate surface area is 581 Å². The van der Waals surface area contributed by atoms with E-state index in [1.807, 2.05) is 67.6 Å². The van der Waals surface area contributed by atoms with Crippen molar-refractivity contribution in [2.75, 3.05) is 53.4 Å². The number of rotatable bonds is 33. The van der Waals surface area contributed by atoms with Gasteiger partial charge in [0.15, 0.2) is 0 Å². The molecular formula is C75H98N14O10. The average Bonchev–Trinajstić information content (AvgIpc) is 1.65. The van der Waals surface area contributed by atoms with Crippen molar-refractivity contribution in [3.63, 3.8) is 0 Å². The Hall–Kier alpha value is -9.46. The molecule has 8 rings (SSSR count). The van der Waals surface area contributed by atoms with Crippen molar-refractivity contribution in [2.24, 2.45) is 11.8 Å². The summed E-state index contributed by atoms with van der Waals surface area (Å²) in [7, 11) is 3.38. The van der Waals surface area contributed by atoms with Crippen LogP contribution in [0, 0.1) is 35.5 Å². The van der Waals surface area contributed by atoms with Crippen molar-refractivity contribution in [1.82, 2.24) is 73.6 Å². The van der Waals surface area contributed by atoms with Gasteiger partial charge in [-0.3, -0.25) is 47.9 Å². The van der Waals surface area contributed by atoms with Gasteiger partial charge in [-0.15, -0.1) is 0 Å². The summed E-state index contributed by atoms with van der Waals surface area (Å²) < 4.78 is 0. The number of benzene rings is 4. The van der Waals surface area contributed by atoms with Gasteiger partial charge in [0.05, 0.1) is 12.1 Å². The summed E-state index contributed by atoms with van der Waals surface area (Å²) in [5.74, 6) is 6.81. The van der Waals surface area contributed by atoms with Crippen LogP contribution in [0.5, 0.6) is 0 Å². The highest BCUT2D eigenvalue weighted by molar-refractivity contribution is 5.97. The first kappa shape index (κ1) is 75.3. The van der Waals surface area contributed by atoms with Gasteiger partial charge in [0.2, 0.25) is 59.1 Å². The van der Waals surface area contributed by atoms with Crippen molar-refractivity contribution in [3.05, 3.63) is 144 Å². The summed E-state index contributed by atoms with van der Waals surface area (Å²) in [5, 5.41) is 36.1. The molecule has 4 aliphatic rings. The number of likely N-dealkylation sites (N-methyl/N-ethyl adjacent to an activating group) is 2. The Balaban J connectivity index is 0.741. The molecule has 4 fully saturated rings. The normalized spacial score (nSPS) is 21.3. The third kappa shape index (κ3) is 22.0. The van der Waals surface area contributed by atoms with Gasteiger partial charge < -0.3 is 73.6 Å². The molecule has 0 radical (unpaired) electrons. The highest BCUT2D eigenvalue weighted by atomic mass is 16.2. The van der Waals surface area contributed by atoms with Crippen LogP contribution in [0.4, 0.5) is 0 Å². The minimum Gasteiger partial charge on any atom is -0.354 e. The fraction of sp³-hybridized carbons (Fsp3) is 0.493. The molecule has 4 aliphatic heterocycles. The highest BCUT2D eigenvalue weighted by Gasteiger charge is 2.50. The number of carbonyl (C=O) groups is 10. The van der Waals surface area contributed by atoms with Crippen molar-refractivity contribution in [3.8, 4) is 23.7 Å². The lowest BCUT2D eigenvalue weighted by Crippen LogP contribution is -2.59. The molecule has 528 valence electrons. The number of nitrogens with zero attached hydrogens (tertiary/aromatic N) is 2. The Morgan fingerprint density at radius 2 is 0.859 bits per heavy atom. The first-order valence-corrected chi connectivity index (χ1v) is 34.9. The predicted molar refractivity (Wildman–Crippen MR) is 375 cm³/mol. The van der Waals surface area contributed by atoms with E-state index in [-0.39, 0.29) is 111 Å². The summed E-state index contributed by atoms with van der Waals surface area (Å²) in [4.78, 5) is 141. The van der Waals surface area contributed by atoms with E-state index in [0.717, 1.165) is 11.1 Å². The number of carbonyl (C=O) groups excluding carboxylic acids is 10. The summed E-state index contributed by atoms with van der Waals surface area (Å²) >= 11 is 0. The van der Waals surface area contributed by atoms with Crippen LogP contribution >= 0.6 is 0 Å². The summed E-state index contributed by atoms with van der Waals surface area (Å²) in [6.07, 6.45) is 5.64. The van der Waals surface area contributed by atoms with Crippen LogP contribution in [0.25, 0.3) is 0 Å². The molecule has 4 aromatic rings. The molecule has 4 heterocycles. The summed E-state index contributed by atoms with van der Waals surface area (Å²) in [5.41, 5.74) is 3.25. The van der Waals surface area contributed by atoms with Gasteiger partial charge in [-0.05, 0) is 113 Å². The van der Waals surface area contributed by atoms with E-state index in [9.17, 15) is 47.9 Å². The van der Waals surface area contributed by atoms with Crippen LogP contribution in [0.3, 0.4) is 0 Å². The minimum absolute atomic E-state index is 0.0594. The van der Waals surface area contributed by atoms with Crippen molar-refractivity contribution in [2.45, 2.75) is 171 Å². The monoisotopic (exact) mass is 1350 g/mol. The topological polar surface area (TPSA) is 322 Å². The highest BCUT2D eigenvalue weighted by Crippen LogP contribution is 2.36. The Kier molecular flexibility index (Phi) is 29.8. The third-order valence-corrected chi connectivity index (χ3v) is 19.0. The van der Waals surface area contributed by atoms with Gasteiger partial charge in [-0.2, -0.15) is 0 Å². The molecule has 12 atom stereocenters. The minimum atomic E-state index is -1.11. The molecular weight excluding hydrogens is 1260 g/mol. The van der Waals surface area contributed by atoms with E-state index in [0.29, 0.717) is 95.1 Å². The summed E-state index contributed by atoms with van der Waals surface area (Å²) in [6.45, 7) is 6.06. The van der Waals surface area contributed by atoms with E-state index in [1.165, 1.54) is 0 Å². The Bertz CT molecular complexity index is 3490. The van der Waals surface area contributed by atoms with Gasteiger partial charge in [0.25, 0.3) is 0 Å². The number of fused-ring (bicyclic) bond motifs is 2. The standard InChI is InChI=1S/C75H98N14O10/c1-5-59(77-4)69(93)87-67-56(49-79-47-52-26-16-11-17-27-52)35-37-58-39-41-61(89(58)75(67)99)71(95)85-65(54-30-20-13-21-31-54)73(97)83-45-43-81-63(91)33-23-9-7-6-8-22-32-62(90)80-42-44-82-72(96)64(53-28-18-12-19-29-53)84-70(94)60-40-38-57-36-34-55(48-78-46-51-24-14-10-15-25-51)66(74(98)88(57)60)86-68(92)50(2)76-3/h10-21,24-31,50,55-61,64-67,76-79H,5,22-23,32-49H2,1-4H3,(H,80,90)(H,81,91)(H,82,96)(H,83,97)(H,84,94)(H,85,95)(H,86,92)(H,87,93)/t50-,55+,56+,57-,58-,59-,60-,61-,64-,65-,66-,67-/m0/s1. The molecule has 4 saturated heterocycles. The zero-order valence-corrected chi connectivity index (χ0v) is 57.3. The second-order valence-corrected chi connectivity index (χ2v) is 25.7. The van der Waals surface area contributed by atoms with Gasteiger partial charge >= 0.3 is 0 Å². The molecule has 0 bridgehead atoms. The van der Waals surface area contributed by atoms with Crippen LogP contribution in [0.15, 0.2) is 121 Å². The Morgan fingerprint density at radius 1 is 0.475 bits per heavy atom.